The van der Waals surface area contributed by atoms with E-state index in [2.05, 4.69) is 5.32 Å². The van der Waals surface area contributed by atoms with Crippen molar-refractivity contribution in [1.82, 2.24) is 0 Å². The first kappa shape index (κ1) is 26.0. The maximum atomic E-state index is 13.6. The zero-order valence-electron chi connectivity index (χ0n) is 19.3. The minimum atomic E-state index is -3.97. The maximum Gasteiger partial charge on any atom is 0.255 e. The Hall–Kier alpha value is -2.07. The lowest BCUT2D eigenvalue weighted by Gasteiger charge is -2.46. The van der Waals surface area contributed by atoms with Gasteiger partial charge in [-0.2, -0.15) is 0 Å². The van der Waals surface area contributed by atoms with E-state index in [4.69, 9.17) is 11.6 Å². The van der Waals surface area contributed by atoms with Crippen LogP contribution in [0.3, 0.4) is 0 Å². The minimum absolute atomic E-state index is 0.0109. The Labute approximate surface area is 208 Å². The highest BCUT2D eigenvalue weighted by atomic mass is 35.5. The van der Waals surface area contributed by atoms with Crippen LogP contribution >= 0.6 is 11.6 Å². The van der Waals surface area contributed by atoms with E-state index < -0.39 is 44.3 Å². The van der Waals surface area contributed by atoms with Crippen molar-refractivity contribution in [2.24, 2.45) is 17.8 Å². The van der Waals surface area contributed by atoms with Gasteiger partial charge in [-0.25, -0.2) is 17.2 Å². The lowest BCUT2D eigenvalue weighted by atomic mass is 9.69. The van der Waals surface area contributed by atoms with Crippen molar-refractivity contribution in [2.45, 2.75) is 61.4 Å². The lowest BCUT2D eigenvalue weighted by molar-refractivity contribution is -0.156. The van der Waals surface area contributed by atoms with E-state index in [1.165, 1.54) is 24.3 Å². The van der Waals surface area contributed by atoms with E-state index in [0.29, 0.717) is 12.8 Å². The third-order valence-corrected chi connectivity index (χ3v) is 10.1. The summed E-state index contributed by atoms with van der Waals surface area (Å²) in [5, 5.41) is 23.6. The van der Waals surface area contributed by atoms with Crippen molar-refractivity contribution in [1.29, 1.82) is 0 Å². The molecule has 0 heterocycles. The molecule has 3 unspecified atom stereocenters. The summed E-state index contributed by atoms with van der Waals surface area (Å²) in [6, 6.07) is 6.72. The van der Waals surface area contributed by atoms with E-state index in [-0.39, 0.29) is 51.8 Å². The van der Waals surface area contributed by atoms with Gasteiger partial charge in [0.1, 0.15) is 0 Å². The summed E-state index contributed by atoms with van der Waals surface area (Å²) >= 11 is 6.25. The van der Waals surface area contributed by atoms with Gasteiger partial charge in [0.25, 0.3) is 5.91 Å². The van der Waals surface area contributed by atoms with Gasteiger partial charge in [0.05, 0.1) is 26.9 Å². The highest BCUT2D eigenvalue weighted by molar-refractivity contribution is 7.92. The Morgan fingerprint density at radius 2 is 1.71 bits per heavy atom. The fraction of sp³-hybridized carbons (Fsp3) is 0.480. The monoisotopic (exact) mass is 527 g/mol. The SMILES string of the molecule is CC(C)C(O)[C@]1(O)C2CCC1C[C@@H](S(=O)(=O)c1cc(C(=O)Nc3ccc(F)c(F)c3)ccc1Cl)C2. The fourth-order valence-corrected chi connectivity index (χ4v) is 8.03. The number of aliphatic hydroxyl groups excluding tert-OH is 1. The first-order chi connectivity index (χ1) is 16.4. The number of hydrogen-bond acceptors (Lipinski definition) is 5. The van der Waals surface area contributed by atoms with Gasteiger partial charge >= 0.3 is 0 Å². The molecule has 2 bridgehead atoms. The van der Waals surface area contributed by atoms with Crippen molar-refractivity contribution in [3.05, 3.63) is 58.6 Å². The molecule has 2 aliphatic carbocycles. The Bertz CT molecular complexity index is 1240. The maximum absolute atomic E-state index is 13.6. The van der Waals surface area contributed by atoms with Crippen LogP contribution in [0.4, 0.5) is 14.5 Å². The molecule has 10 heteroatoms. The average molecular weight is 528 g/mol. The average Bonchev–Trinajstić information content (AvgIpc) is 2.97. The molecule has 0 saturated heterocycles. The number of fused-ring (bicyclic) bond motifs is 2. The van der Waals surface area contributed by atoms with Gasteiger partial charge in [0, 0.05) is 17.3 Å². The number of carbonyl (C=O) groups is 1. The number of amides is 1. The third-order valence-electron chi connectivity index (χ3n) is 7.49. The second kappa shape index (κ2) is 9.42. The van der Waals surface area contributed by atoms with Crippen LogP contribution in [0, 0.1) is 29.4 Å². The van der Waals surface area contributed by atoms with Crippen LogP contribution in [0.2, 0.25) is 5.02 Å². The molecule has 2 aliphatic rings. The molecule has 0 spiro atoms. The summed E-state index contributed by atoms with van der Waals surface area (Å²) in [4.78, 5) is 12.5. The Morgan fingerprint density at radius 3 is 2.29 bits per heavy atom. The molecule has 35 heavy (non-hydrogen) atoms. The Kier molecular flexibility index (Phi) is 7.00. The first-order valence-electron chi connectivity index (χ1n) is 11.6. The summed E-state index contributed by atoms with van der Waals surface area (Å²) in [6.45, 7) is 3.64. The van der Waals surface area contributed by atoms with Gasteiger partial charge in [0.2, 0.25) is 0 Å². The minimum Gasteiger partial charge on any atom is -0.390 e. The molecule has 0 radical (unpaired) electrons. The van der Waals surface area contributed by atoms with Crippen LogP contribution in [0.25, 0.3) is 0 Å². The van der Waals surface area contributed by atoms with Gasteiger partial charge in [-0.3, -0.25) is 4.79 Å². The molecule has 190 valence electrons. The van der Waals surface area contributed by atoms with E-state index in [1.54, 1.807) is 0 Å². The topological polar surface area (TPSA) is 104 Å². The lowest BCUT2D eigenvalue weighted by Crippen LogP contribution is -2.57. The molecule has 2 fully saturated rings. The number of nitrogens with one attached hydrogen (secondary N) is 1. The van der Waals surface area contributed by atoms with E-state index in [1.807, 2.05) is 13.8 Å². The van der Waals surface area contributed by atoms with Crippen molar-refractivity contribution in [3.8, 4) is 0 Å². The molecule has 6 nitrogen and oxygen atoms in total. The number of carbonyl (C=O) groups excluding carboxylic acids is 1. The van der Waals surface area contributed by atoms with Crippen LogP contribution in [0.15, 0.2) is 41.3 Å². The molecule has 2 aromatic rings. The summed E-state index contributed by atoms with van der Waals surface area (Å²) in [5.41, 5.74) is -1.32. The summed E-state index contributed by atoms with van der Waals surface area (Å²) in [5.74, 6) is -3.79. The molecule has 2 aromatic carbocycles. The van der Waals surface area contributed by atoms with E-state index in [9.17, 15) is 32.2 Å². The van der Waals surface area contributed by atoms with Crippen LogP contribution in [0.1, 0.15) is 49.9 Å². The molecule has 3 atom stereocenters. The van der Waals surface area contributed by atoms with E-state index >= 15 is 0 Å². The zero-order valence-corrected chi connectivity index (χ0v) is 20.9. The number of aliphatic hydroxyl groups is 2. The molecule has 0 aliphatic heterocycles. The molecule has 0 aromatic heterocycles. The molecule has 1 amide bonds. The van der Waals surface area contributed by atoms with Crippen LogP contribution in [0.5, 0.6) is 0 Å². The predicted octanol–water partition coefficient (Wildman–Crippen LogP) is 4.58. The summed E-state index contributed by atoms with van der Waals surface area (Å²) < 4.78 is 53.8. The van der Waals surface area contributed by atoms with Gasteiger partial charge in [0.15, 0.2) is 21.5 Å². The number of rotatable bonds is 6. The molecule has 4 rings (SSSR count). The normalized spacial score (nSPS) is 27.1. The number of anilines is 1. The smallest absolute Gasteiger partial charge is 0.255 e. The van der Waals surface area contributed by atoms with Gasteiger partial charge in [-0.1, -0.05) is 25.4 Å². The Balaban J connectivity index is 1.59. The second-order valence-corrected chi connectivity index (χ2v) is 12.5. The van der Waals surface area contributed by atoms with Crippen LogP contribution in [-0.4, -0.2) is 41.5 Å². The number of halogens is 3. The number of hydrogen-bond donors (Lipinski definition) is 3. The van der Waals surface area contributed by atoms with Crippen LogP contribution < -0.4 is 5.32 Å². The molecule has 3 N–H and O–H groups in total. The summed E-state index contributed by atoms with van der Waals surface area (Å²) in [6.07, 6.45) is 0.667. The molecular weight excluding hydrogens is 500 g/mol. The highest BCUT2D eigenvalue weighted by Gasteiger charge is 2.59. The van der Waals surface area contributed by atoms with Crippen molar-refractivity contribution in [3.63, 3.8) is 0 Å². The molecule has 2 saturated carbocycles. The largest absolute Gasteiger partial charge is 0.390 e. The zero-order chi connectivity index (χ0) is 25.7. The highest BCUT2D eigenvalue weighted by Crippen LogP contribution is 2.54. The van der Waals surface area contributed by atoms with E-state index in [0.717, 1.165) is 12.1 Å². The van der Waals surface area contributed by atoms with Gasteiger partial charge < -0.3 is 15.5 Å². The van der Waals surface area contributed by atoms with Crippen LogP contribution in [-0.2, 0) is 9.84 Å². The van der Waals surface area contributed by atoms with Gasteiger partial charge in [-0.05, 0) is 73.8 Å². The fourth-order valence-electron chi connectivity index (χ4n) is 5.63. The Morgan fingerprint density at radius 1 is 1.09 bits per heavy atom. The van der Waals surface area contributed by atoms with Crippen molar-refractivity contribution in [2.75, 3.05) is 5.32 Å². The second-order valence-electron chi connectivity index (χ2n) is 9.91. The quantitative estimate of drug-likeness (QED) is 0.510. The van der Waals surface area contributed by atoms with Gasteiger partial charge in [-0.15, -0.1) is 0 Å². The number of sulfone groups is 1. The molecular formula is C25H28ClF2NO5S. The predicted molar refractivity (Wildman–Crippen MR) is 128 cm³/mol. The van der Waals surface area contributed by atoms with Crippen molar-refractivity contribution < 1.29 is 32.2 Å². The van der Waals surface area contributed by atoms with Crippen molar-refractivity contribution >= 4 is 33.0 Å². The standard InChI is InChI=1S/C25H28ClF2NO5S/c1-13(2)23(30)25(32)15-4-5-16(25)11-18(10-15)35(33,34)22-9-14(3-7-19(22)26)24(31)29-17-6-8-20(27)21(28)12-17/h3,6-9,12-13,15-16,18,23,30,32H,4-5,10-11H2,1-2H3,(H,29,31)/t15?,16?,18-,23?,25-. The first-order valence-corrected chi connectivity index (χ1v) is 13.5. The summed E-state index contributed by atoms with van der Waals surface area (Å²) in [7, 11) is -3.97. The number of benzene rings is 2. The third kappa shape index (κ3) is 4.59.